The molecular weight excluding hydrogens is 432 g/mol. The minimum atomic E-state index is -0.511. The lowest BCUT2D eigenvalue weighted by atomic mass is 9.84. The monoisotopic (exact) mass is 464 g/mol. The molecule has 5 atom stereocenters. The molecule has 2 aromatic carbocycles. The number of benzene rings is 2. The van der Waals surface area contributed by atoms with Crippen LogP contribution in [0.3, 0.4) is 0 Å². The maximum Gasteiger partial charge on any atom is 0.224 e. The van der Waals surface area contributed by atoms with E-state index in [0.29, 0.717) is 18.8 Å². The molecule has 1 saturated carbocycles. The average molecular weight is 465 g/mol. The van der Waals surface area contributed by atoms with Gasteiger partial charge >= 0.3 is 0 Å². The molecule has 0 bridgehead atoms. The molecule has 2 fully saturated rings. The van der Waals surface area contributed by atoms with Gasteiger partial charge in [-0.2, -0.15) is 0 Å². The van der Waals surface area contributed by atoms with Crippen LogP contribution in [0.2, 0.25) is 0 Å². The van der Waals surface area contributed by atoms with Crippen LogP contribution in [0.25, 0.3) is 0 Å². The van der Waals surface area contributed by atoms with E-state index >= 15 is 0 Å². The van der Waals surface area contributed by atoms with Crippen LogP contribution in [0.4, 0.5) is 5.69 Å². The number of carbonyl (C=O) groups excluding carboxylic acids is 2. The van der Waals surface area contributed by atoms with Crippen molar-refractivity contribution < 1.29 is 24.2 Å². The summed E-state index contributed by atoms with van der Waals surface area (Å²) in [4.78, 5) is 25.0. The summed E-state index contributed by atoms with van der Waals surface area (Å²) in [5, 5.41) is 16.0. The predicted molar refractivity (Wildman–Crippen MR) is 128 cm³/mol. The van der Waals surface area contributed by atoms with Gasteiger partial charge in [0, 0.05) is 23.6 Å². The Balaban J connectivity index is 1.25. The first-order valence-electron chi connectivity index (χ1n) is 12.2. The second-order valence-corrected chi connectivity index (χ2v) is 9.76. The van der Waals surface area contributed by atoms with Gasteiger partial charge in [-0.3, -0.25) is 9.59 Å². The minimum Gasteiger partial charge on any atom is -0.487 e. The van der Waals surface area contributed by atoms with Gasteiger partial charge in [-0.25, -0.2) is 0 Å². The van der Waals surface area contributed by atoms with E-state index in [-0.39, 0.29) is 49.0 Å². The Labute approximate surface area is 199 Å². The van der Waals surface area contributed by atoms with Gasteiger partial charge in [0.1, 0.15) is 18.0 Å². The van der Waals surface area contributed by atoms with Crippen LogP contribution in [0.15, 0.2) is 48.5 Å². The predicted octanol–water partition coefficient (Wildman–Crippen LogP) is 3.69. The molecule has 1 saturated heterocycles. The third-order valence-electron chi connectivity index (χ3n) is 7.04. The van der Waals surface area contributed by atoms with Crippen molar-refractivity contribution in [2.24, 2.45) is 5.92 Å². The van der Waals surface area contributed by atoms with Crippen molar-refractivity contribution in [3.63, 3.8) is 0 Å². The lowest BCUT2D eigenvalue weighted by Gasteiger charge is -2.37. The van der Waals surface area contributed by atoms with E-state index in [1.807, 2.05) is 55.5 Å². The van der Waals surface area contributed by atoms with E-state index in [9.17, 15) is 14.7 Å². The molecule has 0 unspecified atom stereocenters. The van der Waals surface area contributed by atoms with Crippen molar-refractivity contribution in [3.8, 4) is 5.75 Å². The number of rotatable bonds is 8. The minimum absolute atomic E-state index is 0.00877. The summed E-state index contributed by atoms with van der Waals surface area (Å²) in [5.74, 6) is 1.22. The number of hydrogen-bond acceptors (Lipinski definition) is 5. The molecule has 7 heteroatoms. The molecule has 2 amide bonds. The van der Waals surface area contributed by atoms with Gasteiger partial charge in [0.2, 0.25) is 11.8 Å². The fourth-order valence-corrected chi connectivity index (χ4v) is 5.10. The highest BCUT2D eigenvalue weighted by molar-refractivity contribution is 5.91. The summed E-state index contributed by atoms with van der Waals surface area (Å²) in [6.07, 6.45) is 2.52. The Kier molecular flexibility index (Phi) is 6.57. The maximum atomic E-state index is 12.8. The topological polar surface area (TPSA) is 96.9 Å². The molecule has 34 heavy (non-hydrogen) atoms. The summed E-state index contributed by atoms with van der Waals surface area (Å²) >= 11 is 0. The molecule has 5 rings (SSSR count). The van der Waals surface area contributed by atoms with Crippen LogP contribution in [0, 0.1) is 5.92 Å². The van der Waals surface area contributed by atoms with E-state index < -0.39 is 6.10 Å². The maximum absolute atomic E-state index is 12.8. The van der Waals surface area contributed by atoms with Crippen LogP contribution in [-0.4, -0.2) is 41.8 Å². The average Bonchev–Trinajstić information content (AvgIpc) is 3.57. The molecule has 2 heterocycles. The van der Waals surface area contributed by atoms with E-state index in [1.54, 1.807) is 0 Å². The third-order valence-corrected chi connectivity index (χ3v) is 7.04. The highest BCUT2D eigenvalue weighted by atomic mass is 16.6. The zero-order valence-electron chi connectivity index (χ0n) is 19.4. The molecule has 7 nitrogen and oxygen atoms in total. The Morgan fingerprint density at radius 2 is 1.88 bits per heavy atom. The van der Waals surface area contributed by atoms with Gasteiger partial charge in [-0.05, 0) is 55.9 Å². The molecular formula is C27H32N2O5. The van der Waals surface area contributed by atoms with Crippen LogP contribution < -0.4 is 15.4 Å². The Morgan fingerprint density at radius 3 is 2.62 bits per heavy atom. The quantitative estimate of drug-likeness (QED) is 0.554. The number of amides is 2. The smallest absolute Gasteiger partial charge is 0.224 e. The van der Waals surface area contributed by atoms with Gasteiger partial charge in [-0.15, -0.1) is 0 Å². The van der Waals surface area contributed by atoms with E-state index in [0.717, 1.165) is 35.4 Å². The molecule has 0 radical (unpaired) electrons. The summed E-state index contributed by atoms with van der Waals surface area (Å²) in [6.45, 7) is 1.78. The number of carbonyl (C=O) groups is 2. The van der Waals surface area contributed by atoms with E-state index in [4.69, 9.17) is 9.47 Å². The van der Waals surface area contributed by atoms with Gasteiger partial charge in [-0.1, -0.05) is 30.3 Å². The zero-order valence-corrected chi connectivity index (χ0v) is 19.4. The lowest BCUT2D eigenvalue weighted by Crippen LogP contribution is -2.47. The van der Waals surface area contributed by atoms with Crippen molar-refractivity contribution in [1.29, 1.82) is 0 Å². The second-order valence-electron chi connectivity index (χ2n) is 9.76. The number of aliphatic hydroxyl groups excluding tert-OH is 1. The summed E-state index contributed by atoms with van der Waals surface area (Å²) in [5.41, 5.74) is 2.80. The van der Waals surface area contributed by atoms with Gasteiger partial charge in [0.15, 0.2) is 0 Å². The van der Waals surface area contributed by atoms with Crippen LogP contribution in [-0.2, 0) is 14.3 Å². The van der Waals surface area contributed by atoms with Crippen molar-refractivity contribution in [2.45, 2.75) is 69.3 Å². The SMILES string of the molecule is C[C@@H](NC(=O)C[C@H]1C[C@@H]2c3cc(NC(=O)CC4CC4)ccc3O[C@@H]2[C@@H](CO)O1)c1ccccc1. The number of ether oxygens (including phenoxy) is 2. The molecule has 3 aliphatic rings. The fourth-order valence-electron chi connectivity index (χ4n) is 5.10. The molecule has 2 aromatic rings. The number of fused-ring (bicyclic) bond motifs is 3. The summed E-state index contributed by atoms with van der Waals surface area (Å²) in [6, 6.07) is 15.4. The Hall–Kier alpha value is -2.90. The van der Waals surface area contributed by atoms with Gasteiger partial charge in [0.05, 0.1) is 25.2 Å². The van der Waals surface area contributed by atoms with Crippen LogP contribution >= 0.6 is 0 Å². The zero-order chi connectivity index (χ0) is 23.7. The van der Waals surface area contributed by atoms with Gasteiger partial charge < -0.3 is 25.2 Å². The van der Waals surface area contributed by atoms with Crippen LogP contribution in [0.1, 0.15) is 62.1 Å². The van der Waals surface area contributed by atoms with E-state index in [1.165, 1.54) is 0 Å². The lowest BCUT2D eigenvalue weighted by molar-refractivity contribution is -0.142. The number of hydrogen-bond donors (Lipinski definition) is 3. The molecule has 0 spiro atoms. The first-order valence-corrected chi connectivity index (χ1v) is 12.2. The third kappa shape index (κ3) is 5.10. The molecule has 1 aliphatic carbocycles. The first kappa shape index (κ1) is 22.9. The van der Waals surface area contributed by atoms with Gasteiger partial charge in [0.25, 0.3) is 0 Å². The number of nitrogens with one attached hydrogen (secondary N) is 2. The molecule has 180 valence electrons. The van der Waals surface area contributed by atoms with Crippen molar-refractivity contribution >= 4 is 17.5 Å². The normalized spacial score (nSPS) is 26.1. The van der Waals surface area contributed by atoms with Crippen molar-refractivity contribution in [1.82, 2.24) is 5.32 Å². The number of aliphatic hydroxyl groups is 1. The highest BCUT2D eigenvalue weighted by Crippen LogP contribution is 2.47. The fraction of sp³-hybridized carbons (Fsp3) is 0.481. The van der Waals surface area contributed by atoms with Crippen molar-refractivity contribution in [2.75, 3.05) is 11.9 Å². The highest BCUT2D eigenvalue weighted by Gasteiger charge is 2.46. The largest absolute Gasteiger partial charge is 0.487 e. The first-order chi connectivity index (χ1) is 16.5. The van der Waals surface area contributed by atoms with E-state index in [2.05, 4.69) is 10.6 Å². The molecule has 2 aliphatic heterocycles. The Morgan fingerprint density at radius 1 is 1.09 bits per heavy atom. The molecule has 0 aromatic heterocycles. The summed E-state index contributed by atoms with van der Waals surface area (Å²) in [7, 11) is 0. The standard InChI is InChI=1S/C27H32N2O5/c1-16(18-5-3-2-4-6-18)28-26(32)14-20-13-22-21-12-19(29-25(31)11-17-7-8-17)9-10-23(21)34-27(22)24(15-30)33-20/h2-6,9-10,12,16-17,20,22,24,27,30H,7-8,11,13-15H2,1H3,(H,28,32)(H,29,31)/t16-,20-,22-,24-,27+/m1/s1. The van der Waals surface area contributed by atoms with Crippen LogP contribution in [0.5, 0.6) is 5.75 Å². The van der Waals surface area contributed by atoms with Crippen molar-refractivity contribution in [3.05, 3.63) is 59.7 Å². The number of anilines is 1. The Bertz CT molecular complexity index is 1040. The molecule has 3 N–H and O–H groups in total. The summed E-state index contributed by atoms with van der Waals surface area (Å²) < 4.78 is 12.2. The second kappa shape index (κ2) is 9.76.